The fourth-order valence-electron chi connectivity index (χ4n) is 3.25. The van der Waals surface area contributed by atoms with Crippen molar-refractivity contribution in [3.8, 4) is 0 Å². The molecule has 2 aromatic rings. The van der Waals surface area contributed by atoms with E-state index in [0.717, 1.165) is 17.7 Å². The quantitative estimate of drug-likeness (QED) is 0.758. The topological polar surface area (TPSA) is 95.6 Å². The van der Waals surface area contributed by atoms with Crippen molar-refractivity contribution in [2.24, 2.45) is 0 Å². The van der Waals surface area contributed by atoms with Crippen molar-refractivity contribution in [1.29, 1.82) is 0 Å². The number of fused-ring (bicyclic) bond motifs is 1. The summed E-state index contributed by atoms with van der Waals surface area (Å²) >= 11 is 0. The van der Waals surface area contributed by atoms with Gasteiger partial charge in [-0.2, -0.15) is 0 Å². The number of hydrogen-bond donors (Lipinski definition) is 2. The average Bonchev–Trinajstić information content (AvgIpc) is 3.11. The average molecular weight is 416 g/mol. The molecule has 7 nitrogen and oxygen atoms in total. The fraction of sp³-hybridized carbons (Fsp3) is 0.333. The highest BCUT2D eigenvalue weighted by Gasteiger charge is 2.25. The summed E-state index contributed by atoms with van der Waals surface area (Å²) in [5, 5.41) is 2.85. The zero-order chi connectivity index (χ0) is 21.2. The lowest BCUT2D eigenvalue weighted by Crippen LogP contribution is -2.32. The first-order valence-electron chi connectivity index (χ1n) is 9.56. The molecule has 29 heavy (non-hydrogen) atoms. The van der Waals surface area contributed by atoms with Crippen LogP contribution >= 0.6 is 0 Å². The second kappa shape index (κ2) is 8.24. The van der Waals surface area contributed by atoms with E-state index in [-0.39, 0.29) is 34.0 Å². The summed E-state index contributed by atoms with van der Waals surface area (Å²) in [6.07, 6.45) is 1.37. The van der Waals surface area contributed by atoms with Gasteiger partial charge in [0.25, 0.3) is 15.9 Å². The minimum absolute atomic E-state index is 0.0203. The molecule has 0 fully saturated rings. The van der Waals surface area contributed by atoms with Crippen molar-refractivity contribution in [2.45, 2.75) is 44.6 Å². The van der Waals surface area contributed by atoms with Gasteiger partial charge in [-0.25, -0.2) is 8.42 Å². The molecule has 154 valence electrons. The van der Waals surface area contributed by atoms with Crippen molar-refractivity contribution >= 4 is 33.2 Å². The minimum Gasteiger partial charge on any atom is -0.350 e. The molecule has 0 saturated heterocycles. The Hall–Kier alpha value is -2.87. The van der Waals surface area contributed by atoms with E-state index >= 15 is 0 Å². The molecular formula is C21H25N3O4S. The highest BCUT2D eigenvalue weighted by Crippen LogP contribution is 2.31. The van der Waals surface area contributed by atoms with Crippen LogP contribution < -0.4 is 14.9 Å². The van der Waals surface area contributed by atoms with Crippen LogP contribution in [0.25, 0.3) is 0 Å². The molecule has 1 heterocycles. The van der Waals surface area contributed by atoms with Crippen molar-refractivity contribution in [3.05, 3.63) is 53.6 Å². The number of rotatable bonds is 6. The van der Waals surface area contributed by atoms with Crippen molar-refractivity contribution in [1.82, 2.24) is 5.32 Å². The highest BCUT2D eigenvalue weighted by molar-refractivity contribution is 7.92. The molecule has 0 spiro atoms. The van der Waals surface area contributed by atoms with E-state index in [1.807, 2.05) is 13.8 Å². The third kappa shape index (κ3) is 4.42. The van der Waals surface area contributed by atoms with Gasteiger partial charge in [0.1, 0.15) is 0 Å². The Labute approximate surface area is 171 Å². The second-order valence-corrected chi connectivity index (χ2v) is 8.83. The summed E-state index contributed by atoms with van der Waals surface area (Å²) in [5.41, 5.74) is 2.04. The second-order valence-electron chi connectivity index (χ2n) is 7.15. The Kier molecular flexibility index (Phi) is 5.93. The Bertz CT molecular complexity index is 1050. The number of nitrogens with zero attached hydrogens (tertiary/aromatic N) is 1. The maximum absolute atomic E-state index is 12.9. The lowest BCUT2D eigenvalue weighted by molar-refractivity contribution is -0.116. The van der Waals surface area contributed by atoms with E-state index in [9.17, 15) is 18.0 Å². The van der Waals surface area contributed by atoms with Gasteiger partial charge in [0, 0.05) is 25.2 Å². The summed E-state index contributed by atoms with van der Waals surface area (Å²) in [6, 6.07) is 11.2. The number of hydrogen-bond acceptors (Lipinski definition) is 4. The van der Waals surface area contributed by atoms with E-state index in [2.05, 4.69) is 10.0 Å². The number of sulfonamides is 1. The molecule has 0 aliphatic carbocycles. The number of nitrogens with one attached hydrogen (secondary N) is 2. The van der Waals surface area contributed by atoms with E-state index in [1.54, 1.807) is 41.3 Å². The molecule has 0 aromatic heterocycles. The standard InChI is InChI=1S/C21H25N3O4S/c1-4-14(2)22-21(26)18-7-5-6-8-19(18)23-29(27,28)17-9-10-20-16(13-17)11-12-24(20)15(3)25/h5-10,13-14,23H,4,11-12H2,1-3H3,(H,22,26). The van der Waals surface area contributed by atoms with Crippen LogP contribution in [0.4, 0.5) is 11.4 Å². The zero-order valence-corrected chi connectivity index (χ0v) is 17.5. The van der Waals surface area contributed by atoms with E-state index in [1.165, 1.54) is 13.0 Å². The van der Waals surface area contributed by atoms with Gasteiger partial charge in [-0.1, -0.05) is 19.1 Å². The minimum atomic E-state index is -3.90. The smallest absolute Gasteiger partial charge is 0.261 e. The van der Waals surface area contributed by atoms with Gasteiger partial charge >= 0.3 is 0 Å². The molecule has 1 aliphatic rings. The molecular weight excluding hydrogens is 390 g/mol. The first kappa shape index (κ1) is 20.9. The van der Waals surface area contributed by atoms with E-state index in [0.29, 0.717) is 13.0 Å². The van der Waals surface area contributed by atoms with Crippen LogP contribution in [0.2, 0.25) is 0 Å². The molecule has 1 aliphatic heterocycles. The van der Waals surface area contributed by atoms with Crippen molar-refractivity contribution in [2.75, 3.05) is 16.2 Å². The molecule has 0 radical (unpaired) electrons. The number of anilines is 2. The van der Waals surface area contributed by atoms with Crippen molar-refractivity contribution in [3.63, 3.8) is 0 Å². The van der Waals surface area contributed by atoms with Gasteiger partial charge in [0.05, 0.1) is 16.1 Å². The number of carbonyl (C=O) groups is 2. The van der Waals surface area contributed by atoms with Gasteiger partial charge in [0.2, 0.25) is 5.91 Å². The van der Waals surface area contributed by atoms with Crippen LogP contribution in [0.3, 0.4) is 0 Å². The molecule has 2 aromatic carbocycles. The van der Waals surface area contributed by atoms with Gasteiger partial charge in [-0.3, -0.25) is 14.3 Å². The first-order valence-corrected chi connectivity index (χ1v) is 11.0. The molecule has 2 amide bonds. The SMILES string of the molecule is CCC(C)NC(=O)c1ccccc1NS(=O)(=O)c1ccc2c(c1)CCN2C(C)=O. The summed E-state index contributed by atoms with van der Waals surface area (Å²) in [7, 11) is -3.90. The Morgan fingerprint density at radius 2 is 1.90 bits per heavy atom. The van der Waals surface area contributed by atoms with Crippen LogP contribution in [-0.2, 0) is 21.2 Å². The lowest BCUT2D eigenvalue weighted by Gasteiger charge is -2.16. The maximum Gasteiger partial charge on any atom is 0.261 e. The van der Waals surface area contributed by atoms with Gasteiger partial charge in [-0.05, 0) is 55.7 Å². The van der Waals surface area contributed by atoms with Crippen LogP contribution in [0.1, 0.15) is 43.1 Å². The lowest BCUT2D eigenvalue weighted by atomic mass is 10.1. The van der Waals surface area contributed by atoms with Crippen LogP contribution in [0, 0.1) is 0 Å². The van der Waals surface area contributed by atoms with E-state index in [4.69, 9.17) is 0 Å². The Morgan fingerprint density at radius 1 is 1.17 bits per heavy atom. The molecule has 1 atom stereocenters. The van der Waals surface area contributed by atoms with Gasteiger partial charge in [-0.15, -0.1) is 0 Å². The van der Waals surface area contributed by atoms with Crippen molar-refractivity contribution < 1.29 is 18.0 Å². The number of benzene rings is 2. The predicted octanol–water partition coefficient (Wildman–Crippen LogP) is 2.92. The molecule has 2 N–H and O–H groups in total. The van der Waals surface area contributed by atoms with E-state index < -0.39 is 10.0 Å². The number of amides is 2. The number of para-hydroxylation sites is 1. The fourth-order valence-corrected chi connectivity index (χ4v) is 4.38. The zero-order valence-electron chi connectivity index (χ0n) is 16.7. The Balaban J connectivity index is 1.88. The van der Waals surface area contributed by atoms with Crippen LogP contribution in [0.5, 0.6) is 0 Å². The van der Waals surface area contributed by atoms with Crippen LogP contribution in [-0.4, -0.2) is 32.8 Å². The van der Waals surface area contributed by atoms with Gasteiger partial charge in [0.15, 0.2) is 0 Å². The molecule has 3 rings (SSSR count). The molecule has 8 heteroatoms. The summed E-state index contributed by atoms with van der Waals surface area (Å²) < 4.78 is 28.4. The maximum atomic E-state index is 12.9. The largest absolute Gasteiger partial charge is 0.350 e. The molecule has 0 bridgehead atoms. The first-order chi connectivity index (χ1) is 13.7. The summed E-state index contributed by atoms with van der Waals surface area (Å²) in [4.78, 5) is 25.9. The highest BCUT2D eigenvalue weighted by atomic mass is 32.2. The van der Waals surface area contributed by atoms with Gasteiger partial charge < -0.3 is 10.2 Å². The summed E-state index contributed by atoms with van der Waals surface area (Å²) in [5.74, 6) is -0.401. The molecule has 1 unspecified atom stereocenters. The third-order valence-electron chi connectivity index (χ3n) is 5.04. The predicted molar refractivity (Wildman–Crippen MR) is 113 cm³/mol. The van der Waals surface area contributed by atoms with Crippen LogP contribution in [0.15, 0.2) is 47.4 Å². The normalized spacial score (nSPS) is 14.2. The molecule has 0 saturated carbocycles. The monoisotopic (exact) mass is 415 g/mol. The number of carbonyl (C=O) groups excluding carboxylic acids is 2. The Morgan fingerprint density at radius 3 is 2.59 bits per heavy atom. The third-order valence-corrected chi connectivity index (χ3v) is 6.41. The summed E-state index contributed by atoms with van der Waals surface area (Å²) in [6.45, 7) is 5.88.